The molecule has 0 aliphatic carbocycles. The fourth-order valence-electron chi connectivity index (χ4n) is 1.17. The number of aliphatic hydroxyl groups excluding tert-OH is 1. The minimum atomic E-state index is -0.693. The lowest BCUT2D eigenvalue weighted by Crippen LogP contribution is -2.22. The molecule has 0 aliphatic heterocycles. The smallest absolute Gasteiger partial charge is 0.131 e. The average Bonchev–Trinajstić information content (AvgIpc) is 2.11. The number of nitrogens with one attached hydrogen (secondary N) is 1. The van der Waals surface area contributed by atoms with Gasteiger partial charge in [-0.1, -0.05) is 6.07 Å². The number of aliphatic hydroxyl groups is 1. The number of hydrogen-bond acceptors (Lipinski definition) is 2. The predicted octanol–water partition coefficient (Wildman–Crippen LogP) is 1.22. The van der Waals surface area contributed by atoms with Crippen LogP contribution in [-0.2, 0) is 0 Å². The van der Waals surface area contributed by atoms with Crippen molar-refractivity contribution in [1.29, 1.82) is 0 Å². The second kappa shape index (κ2) is 4.30. The van der Waals surface area contributed by atoms with Gasteiger partial charge in [0.05, 0.1) is 12.6 Å². The van der Waals surface area contributed by atoms with Crippen molar-refractivity contribution >= 4 is 0 Å². The summed E-state index contributed by atoms with van der Waals surface area (Å²) in [6.07, 6.45) is 0. The Hall–Kier alpha value is -1.00. The maximum Gasteiger partial charge on any atom is 0.131 e. The quantitative estimate of drug-likeness (QED) is 0.745. The van der Waals surface area contributed by atoms with E-state index >= 15 is 0 Å². The van der Waals surface area contributed by atoms with E-state index in [1.54, 1.807) is 0 Å². The molecule has 1 aromatic rings. The molecule has 1 atom stereocenters. The van der Waals surface area contributed by atoms with Crippen molar-refractivity contribution in [3.63, 3.8) is 0 Å². The van der Waals surface area contributed by atoms with Crippen molar-refractivity contribution in [1.82, 2.24) is 5.32 Å². The molecule has 0 bridgehead atoms. The Kier molecular flexibility index (Phi) is 3.33. The normalized spacial score (nSPS) is 12.9. The third kappa shape index (κ3) is 2.02. The van der Waals surface area contributed by atoms with Gasteiger partial charge in [0.25, 0.3) is 0 Å². The van der Waals surface area contributed by atoms with E-state index < -0.39 is 17.7 Å². The van der Waals surface area contributed by atoms with Crippen LogP contribution in [-0.4, -0.2) is 18.8 Å². The topological polar surface area (TPSA) is 32.3 Å². The molecular weight excluding hydrogens is 176 g/mol. The molecule has 4 heteroatoms. The molecule has 2 N–H and O–H groups in total. The molecule has 0 saturated carbocycles. The third-order valence-electron chi connectivity index (χ3n) is 1.88. The molecule has 72 valence electrons. The summed E-state index contributed by atoms with van der Waals surface area (Å²) in [5, 5.41) is 11.5. The van der Waals surface area contributed by atoms with Gasteiger partial charge in [-0.25, -0.2) is 8.78 Å². The summed E-state index contributed by atoms with van der Waals surface area (Å²) >= 11 is 0. The number of halogens is 2. The first-order valence-corrected chi connectivity index (χ1v) is 3.92. The van der Waals surface area contributed by atoms with Gasteiger partial charge in [-0.15, -0.1) is 0 Å². The van der Waals surface area contributed by atoms with Gasteiger partial charge in [0.1, 0.15) is 11.6 Å². The zero-order chi connectivity index (χ0) is 9.84. The van der Waals surface area contributed by atoms with Crippen molar-refractivity contribution in [2.45, 2.75) is 6.04 Å². The lowest BCUT2D eigenvalue weighted by Gasteiger charge is -2.14. The van der Waals surface area contributed by atoms with Crippen LogP contribution >= 0.6 is 0 Å². The molecule has 1 unspecified atom stereocenters. The Morgan fingerprint density at radius 3 is 2.31 bits per heavy atom. The highest BCUT2D eigenvalue weighted by atomic mass is 19.1. The average molecular weight is 187 g/mol. The molecule has 0 heterocycles. The van der Waals surface area contributed by atoms with Gasteiger partial charge in [0.15, 0.2) is 0 Å². The van der Waals surface area contributed by atoms with Crippen molar-refractivity contribution in [2.24, 2.45) is 0 Å². The summed E-state index contributed by atoms with van der Waals surface area (Å²) in [7, 11) is 1.53. The molecule has 0 radical (unpaired) electrons. The Morgan fingerprint density at radius 2 is 1.92 bits per heavy atom. The summed E-state index contributed by atoms with van der Waals surface area (Å²) in [5.74, 6) is -1.29. The summed E-state index contributed by atoms with van der Waals surface area (Å²) in [6, 6.07) is 2.93. The first-order valence-electron chi connectivity index (χ1n) is 3.92. The molecule has 0 aliphatic rings. The molecular formula is C9H11F2NO. The van der Waals surface area contributed by atoms with Crippen molar-refractivity contribution in [3.8, 4) is 0 Å². The fourth-order valence-corrected chi connectivity index (χ4v) is 1.17. The number of benzene rings is 1. The van der Waals surface area contributed by atoms with Crippen molar-refractivity contribution in [3.05, 3.63) is 35.4 Å². The van der Waals surface area contributed by atoms with Crippen LogP contribution in [0.15, 0.2) is 18.2 Å². The van der Waals surface area contributed by atoms with Crippen molar-refractivity contribution in [2.75, 3.05) is 13.7 Å². The van der Waals surface area contributed by atoms with Gasteiger partial charge >= 0.3 is 0 Å². The highest BCUT2D eigenvalue weighted by Crippen LogP contribution is 2.19. The Labute approximate surface area is 75.2 Å². The van der Waals surface area contributed by atoms with Crippen LogP contribution in [0, 0.1) is 11.6 Å². The lowest BCUT2D eigenvalue weighted by atomic mass is 10.1. The van der Waals surface area contributed by atoms with E-state index in [1.165, 1.54) is 25.2 Å². The maximum atomic E-state index is 13.1. The van der Waals surface area contributed by atoms with E-state index in [0.717, 1.165) is 0 Å². The highest BCUT2D eigenvalue weighted by Gasteiger charge is 2.16. The van der Waals surface area contributed by atoms with E-state index in [2.05, 4.69) is 5.32 Å². The summed E-state index contributed by atoms with van der Waals surface area (Å²) in [5.41, 5.74) is -0.118. The minimum absolute atomic E-state index is 0.118. The van der Waals surface area contributed by atoms with Gasteiger partial charge in [0, 0.05) is 5.56 Å². The van der Waals surface area contributed by atoms with Crippen LogP contribution in [0.2, 0.25) is 0 Å². The molecule has 0 fully saturated rings. The Bertz CT molecular complexity index is 267. The van der Waals surface area contributed by atoms with Gasteiger partial charge in [-0.2, -0.15) is 0 Å². The molecule has 0 amide bonds. The van der Waals surface area contributed by atoms with Gasteiger partial charge < -0.3 is 10.4 Å². The Balaban J connectivity index is 3.10. The van der Waals surface area contributed by atoms with E-state index in [-0.39, 0.29) is 12.2 Å². The molecule has 2 nitrogen and oxygen atoms in total. The van der Waals surface area contributed by atoms with Gasteiger partial charge in [0.2, 0.25) is 0 Å². The van der Waals surface area contributed by atoms with E-state index in [1.807, 2.05) is 0 Å². The number of rotatable bonds is 3. The zero-order valence-corrected chi connectivity index (χ0v) is 7.22. The molecule has 1 rings (SSSR count). The lowest BCUT2D eigenvalue weighted by molar-refractivity contribution is 0.244. The highest BCUT2D eigenvalue weighted by molar-refractivity contribution is 5.23. The fraction of sp³-hybridized carbons (Fsp3) is 0.333. The minimum Gasteiger partial charge on any atom is -0.394 e. The Morgan fingerprint density at radius 1 is 1.38 bits per heavy atom. The monoisotopic (exact) mass is 187 g/mol. The largest absolute Gasteiger partial charge is 0.394 e. The van der Waals surface area contributed by atoms with E-state index in [4.69, 9.17) is 5.11 Å². The van der Waals surface area contributed by atoms with Crippen LogP contribution in [0.5, 0.6) is 0 Å². The van der Waals surface area contributed by atoms with Crippen LogP contribution in [0.25, 0.3) is 0 Å². The van der Waals surface area contributed by atoms with E-state index in [0.29, 0.717) is 0 Å². The zero-order valence-electron chi connectivity index (χ0n) is 7.22. The van der Waals surface area contributed by atoms with Crippen LogP contribution < -0.4 is 5.32 Å². The SMILES string of the molecule is CNC(CO)c1c(F)cccc1F. The van der Waals surface area contributed by atoms with Gasteiger partial charge in [-0.3, -0.25) is 0 Å². The number of likely N-dealkylation sites (N-methyl/N-ethyl adjacent to an activating group) is 1. The van der Waals surface area contributed by atoms with Crippen LogP contribution in [0.1, 0.15) is 11.6 Å². The maximum absolute atomic E-state index is 13.1. The number of hydrogen-bond donors (Lipinski definition) is 2. The van der Waals surface area contributed by atoms with Crippen molar-refractivity contribution < 1.29 is 13.9 Å². The second-order valence-corrected chi connectivity index (χ2v) is 2.66. The van der Waals surface area contributed by atoms with Gasteiger partial charge in [-0.05, 0) is 19.2 Å². The standard InChI is InChI=1S/C9H11F2NO/c1-12-8(5-13)9-6(10)3-2-4-7(9)11/h2-4,8,12-13H,5H2,1H3. The first kappa shape index (κ1) is 10.1. The first-order chi connectivity index (χ1) is 6.20. The molecule has 0 saturated heterocycles. The third-order valence-corrected chi connectivity index (χ3v) is 1.88. The summed E-state index contributed by atoms with van der Waals surface area (Å²) in [6.45, 7) is -0.339. The van der Waals surface area contributed by atoms with Crippen LogP contribution in [0.4, 0.5) is 8.78 Å². The molecule has 13 heavy (non-hydrogen) atoms. The molecule has 0 spiro atoms. The molecule has 0 aromatic heterocycles. The second-order valence-electron chi connectivity index (χ2n) is 2.66. The predicted molar refractivity (Wildman–Crippen MR) is 45.2 cm³/mol. The summed E-state index contributed by atoms with van der Waals surface area (Å²) < 4.78 is 26.2. The summed E-state index contributed by atoms with van der Waals surface area (Å²) in [4.78, 5) is 0. The van der Waals surface area contributed by atoms with E-state index in [9.17, 15) is 8.78 Å². The molecule has 1 aromatic carbocycles. The van der Waals surface area contributed by atoms with Crippen LogP contribution in [0.3, 0.4) is 0 Å².